The highest BCUT2D eigenvalue weighted by atomic mass is 32.1. The number of aromatic nitrogens is 2. The van der Waals surface area contributed by atoms with Crippen LogP contribution in [-0.4, -0.2) is 40.0 Å². The minimum absolute atomic E-state index is 0.201. The van der Waals surface area contributed by atoms with Gasteiger partial charge in [-0.25, -0.2) is 9.78 Å². The van der Waals surface area contributed by atoms with E-state index in [-0.39, 0.29) is 11.5 Å². The Kier molecular flexibility index (Phi) is 5.19. The summed E-state index contributed by atoms with van der Waals surface area (Å²) in [5.41, 5.74) is 5.99. The molecule has 0 aliphatic carbocycles. The van der Waals surface area contributed by atoms with Crippen molar-refractivity contribution in [3.8, 4) is 11.3 Å². The minimum atomic E-state index is -0.980. The summed E-state index contributed by atoms with van der Waals surface area (Å²) in [6.45, 7) is 5.51. The Morgan fingerprint density at radius 3 is 2.88 bits per heavy atom. The molecule has 1 atom stereocenters. The summed E-state index contributed by atoms with van der Waals surface area (Å²) < 4.78 is 0. The summed E-state index contributed by atoms with van der Waals surface area (Å²) in [4.78, 5) is 32.2. The van der Waals surface area contributed by atoms with Crippen LogP contribution in [0.15, 0.2) is 23.6 Å². The van der Waals surface area contributed by atoms with Crippen molar-refractivity contribution in [2.45, 2.75) is 32.6 Å². The first-order valence-electron chi connectivity index (χ1n) is 10.7. The summed E-state index contributed by atoms with van der Waals surface area (Å²) in [5.74, 6) is -0.724. The largest absolute Gasteiger partial charge is 0.478 e. The standard InChI is InChI=1S/C24H24N4O3S/c1-12-19(26-13(2)21(12)24(30)31)9-17-16-8-14(5-6-18(16)27-22(17)29)20-11-32-23(28-20)15-4-3-7-25-10-15/h5-6,8-9,11,15,25-26H,3-4,7,10H2,1-2H3,(H,27,29)(H,30,31). The van der Waals surface area contributed by atoms with Gasteiger partial charge in [-0.1, -0.05) is 6.07 Å². The van der Waals surface area contributed by atoms with Crippen LogP contribution in [0.1, 0.15) is 56.6 Å². The Hall–Kier alpha value is -3.23. The number of hydrogen-bond acceptors (Lipinski definition) is 5. The first-order chi connectivity index (χ1) is 15.4. The van der Waals surface area contributed by atoms with Crippen LogP contribution in [0.4, 0.5) is 5.69 Å². The molecule has 1 fully saturated rings. The number of benzene rings is 1. The molecule has 2 aliphatic heterocycles. The lowest BCUT2D eigenvalue weighted by molar-refractivity contribution is -0.110. The molecule has 1 saturated heterocycles. The predicted molar refractivity (Wildman–Crippen MR) is 126 cm³/mol. The number of amides is 1. The highest BCUT2D eigenvalue weighted by molar-refractivity contribution is 7.10. The van der Waals surface area contributed by atoms with Gasteiger partial charge in [-0.15, -0.1) is 11.3 Å². The number of carbonyl (C=O) groups is 2. The maximum atomic E-state index is 12.7. The molecule has 7 nitrogen and oxygen atoms in total. The topological polar surface area (TPSA) is 107 Å². The SMILES string of the molecule is Cc1[nH]c(C=C2C(=O)Nc3ccc(-c4csc(C5CCCNC5)n4)cc32)c(C)c1C(=O)O. The van der Waals surface area contributed by atoms with E-state index >= 15 is 0 Å². The Balaban J connectivity index is 1.51. The van der Waals surface area contributed by atoms with Crippen LogP contribution in [-0.2, 0) is 4.79 Å². The van der Waals surface area contributed by atoms with Crippen LogP contribution in [0.5, 0.6) is 0 Å². The number of carboxylic acid groups (broad SMARTS) is 1. The fourth-order valence-corrected chi connectivity index (χ4v) is 5.51. The van der Waals surface area contributed by atoms with Crippen molar-refractivity contribution in [1.82, 2.24) is 15.3 Å². The average molecular weight is 449 g/mol. The van der Waals surface area contributed by atoms with Crippen molar-refractivity contribution < 1.29 is 14.7 Å². The van der Waals surface area contributed by atoms with E-state index in [0.29, 0.717) is 28.4 Å². The van der Waals surface area contributed by atoms with Crippen LogP contribution in [0.3, 0.4) is 0 Å². The van der Waals surface area contributed by atoms with Crippen molar-refractivity contribution >= 4 is 40.5 Å². The highest BCUT2D eigenvalue weighted by Gasteiger charge is 2.27. The van der Waals surface area contributed by atoms with Gasteiger partial charge in [0.2, 0.25) is 0 Å². The van der Waals surface area contributed by atoms with E-state index in [0.717, 1.165) is 47.0 Å². The van der Waals surface area contributed by atoms with E-state index in [1.54, 1.807) is 31.3 Å². The molecule has 1 unspecified atom stereocenters. The molecule has 3 aromatic rings. The molecule has 2 aromatic heterocycles. The number of thiazole rings is 1. The number of nitrogens with one attached hydrogen (secondary N) is 3. The normalized spacial score (nSPS) is 19.2. The van der Waals surface area contributed by atoms with Crippen molar-refractivity contribution in [2.75, 3.05) is 18.4 Å². The molecule has 32 heavy (non-hydrogen) atoms. The second-order valence-electron chi connectivity index (χ2n) is 8.36. The summed E-state index contributed by atoms with van der Waals surface area (Å²) in [7, 11) is 0. The Morgan fingerprint density at radius 2 is 2.16 bits per heavy atom. The number of carbonyl (C=O) groups excluding carboxylic acids is 1. The molecule has 164 valence electrons. The number of piperidine rings is 1. The lowest BCUT2D eigenvalue weighted by Crippen LogP contribution is -2.28. The molecule has 8 heteroatoms. The van der Waals surface area contributed by atoms with Gasteiger partial charge in [0.15, 0.2) is 0 Å². The molecule has 0 radical (unpaired) electrons. The summed E-state index contributed by atoms with van der Waals surface area (Å²) in [5, 5.41) is 19.0. The fraction of sp³-hybridized carbons (Fsp3) is 0.292. The number of anilines is 1. The number of rotatable bonds is 4. The number of carboxylic acids is 1. The lowest BCUT2D eigenvalue weighted by atomic mass is 10.00. The maximum absolute atomic E-state index is 12.7. The molecule has 1 amide bonds. The molecule has 0 spiro atoms. The summed E-state index contributed by atoms with van der Waals surface area (Å²) in [6, 6.07) is 5.87. The van der Waals surface area contributed by atoms with Crippen molar-refractivity contribution in [1.29, 1.82) is 0 Å². The van der Waals surface area contributed by atoms with E-state index in [4.69, 9.17) is 4.98 Å². The Bertz CT molecular complexity index is 1260. The molecule has 2 aliphatic rings. The van der Waals surface area contributed by atoms with Crippen LogP contribution in [0.2, 0.25) is 0 Å². The number of aromatic amines is 1. The monoisotopic (exact) mass is 448 g/mol. The predicted octanol–water partition coefficient (Wildman–Crippen LogP) is 4.41. The molecular weight excluding hydrogens is 424 g/mol. The zero-order valence-electron chi connectivity index (χ0n) is 17.9. The number of nitrogens with zero attached hydrogens (tertiary/aromatic N) is 1. The van der Waals surface area contributed by atoms with E-state index < -0.39 is 5.97 Å². The zero-order valence-corrected chi connectivity index (χ0v) is 18.7. The van der Waals surface area contributed by atoms with Crippen LogP contribution in [0, 0.1) is 13.8 Å². The van der Waals surface area contributed by atoms with Crippen molar-refractivity contribution in [3.63, 3.8) is 0 Å². The lowest BCUT2D eigenvalue weighted by Gasteiger charge is -2.20. The van der Waals surface area contributed by atoms with Crippen LogP contribution < -0.4 is 10.6 Å². The number of aromatic carboxylic acids is 1. The first kappa shape index (κ1) is 20.7. The van der Waals surface area contributed by atoms with E-state index in [1.807, 2.05) is 18.2 Å². The van der Waals surface area contributed by atoms with Crippen molar-refractivity contribution in [3.05, 3.63) is 56.7 Å². The molecule has 1 aromatic carbocycles. The van der Waals surface area contributed by atoms with Gasteiger partial charge in [-0.05, 0) is 57.0 Å². The van der Waals surface area contributed by atoms with Gasteiger partial charge in [0.25, 0.3) is 5.91 Å². The first-order valence-corrected chi connectivity index (χ1v) is 11.6. The minimum Gasteiger partial charge on any atom is -0.478 e. The van der Waals surface area contributed by atoms with Gasteiger partial charge in [-0.3, -0.25) is 4.79 Å². The average Bonchev–Trinajstić information content (AvgIpc) is 3.45. The second-order valence-corrected chi connectivity index (χ2v) is 9.25. The Labute approximate surface area is 189 Å². The second kappa shape index (κ2) is 8.03. The molecule has 4 heterocycles. The number of fused-ring (bicyclic) bond motifs is 1. The highest BCUT2D eigenvalue weighted by Crippen LogP contribution is 2.38. The molecule has 0 saturated carbocycles. The van der Waals surface area contributed by atoms with Gasteiger partial charge in [0.1, 0.15) is 0 Å². The maximum Gasteiger partial charge on any atom is 0.337 e. The van der Waals surface area contributed by atoms with Gasteiger partial charge >= 0.3 is 5.97 Å². The molecule has 0 bridgehead atoms. The Morgan fingerprint density at radius 1 is 1.31 bits per heavy atom. The smallest absolute Gasteiger partial charge is 0.337 e. The van der Waals surface area contributed by atoms with Crippen LogP contribution in [0.25, 0.3) is 22.9 Å². The molecule has 4 N–H and O–H groups in total. The zero-order chi connectivity index (χ0) is 22.4. The summed E-state index contributed by atoms with van der Waals surface area (Å²) in [6.07, 6.45) is 4.06. The van der Waals surface area contributed by atoms with Crippen molar-refractivity contribution in [2.24, 2.45) is 0 Å². The third-order valence-corrected chi connectivity index (χ3v) is 7.25. The van der Waals surface area contributed by atoms with Crippen LogP contribution >= 0.6 is 11.3 Å². The van der Waals surface area contributed by atoms with Gasteiger partial charge in [-0.2, -0.15) is 0 Å². The molecule has 5 rings (SSSR count). The van der Waals surface area contributed by atoms with E-state index in [9.17, 15) is 14.7 Å². The fourth-order valence-electron chi connectivity index (χ4n) is 4.54. The number of aryl methyl sites for hydroxylation is 1. The van der Waals surface area contributed by atoms with Gasteiger partial charge in [0, 0.05) is 46.0 Å². The van der Waals surface area contributed by atoms with Gasteiger partial charge in [0.05, 0.1) is 21.8 Å². The van der Waals surface area contributed by atoms with E-state index in [1.165, 1.54) is 6.42 Å². The number of hydrogen-bond donors (Lipinski definition) is 4. The van der Waals surface area contributed by atoms with Gasteiger partial charge < -0.3 is 20.7 Å². The third-order valence-electron chi connectivity index (χ3n) is 6.25. The van der Waals surface area contributed by atoms with E-state index in [2.05, 4.69) is 21.0 Å². The molecular formula is C24H24N4O3S. The quantitative estimate of drug-likeness (QED) is 0.442. The number of H-pyrrole nitrogens is 1. The third kappa shape index (κ3) is 3.55. The summed E-state index contributed by atoms with van der Waals surface area (Å²) >= 11 is 1.69.